The molecule has 3 atom stereocenters. The second kappa shape index (κ2) is 7.97. The Morgan fingerprint density at radius 3 is 2.37 bits per heavy atom. The van der Waals surface area contributed by atoms with Gasteiger partial charge in [0.05, 0.1) is 19.3 Å². The smallest absolute Gasteiger partial charge is 0.280 e. The first kappa shape index (κ1) is 19.8. The van der Waals surface area contributed by atoms with Crippen molar-refractivity contribution in [3.63, 3.8) is 0 Å². The molecule has 1 fully saturated rings. The van der Waals surface area contributed by atoms with Crippen LogP contribution >= 0.6 is 0 Å². The number of hydrogen-bond acceptors (Lipinski definition) is 5. The highest BCUT2D eigenvalue weighted by Crippen LogP contribution is 2.25. The largest absolute Gasteiger partial charge is 0.497 e. The lowest BCUT2D eigenvalue weighted by atomic mass is 10.1. The summed E-state index contributed by atoms with van der Waals surface area (Å²) < 4.78 is 43.1. The summed E-state index contributed by atoms with van der Waals surface area (Å²) in [6.07, 6.45) is 3.13. The Morgan fingerprint density at radius 1 is 1.22 bits per heavy atom. The Hall–Kier alpha value is -1.94. The molecule has 0 bridgehead atoms. The van der Waals surface area contributed by atoms with Crippen LogP contribution in [0.5, 0.6) is 5.75 Å². The summed E-state index contributed by atoms with van der Waals surface area (Å²) in [5.41, 5.74) is 0.781. The van der Waals surface area contributed by atoms with E-state index in [2.05, 4.69) is 9.71 Å². The Labute approximate surface area is 160 Å². The molecule has 2 aromatic rings. The van der Waals surface area contributed by atoms with E-state index in [-0.39, 0.29) is 12.2 Å². The van der Waals surface area contributed by atoms with Crippen molar-refractivity contribution in [3.05, 3.63) is 48.0 Å². The molecular formula is C18H26N4O4S. The van der Waals surface area contributed by atoms with Gasteiger partial charge in [0.2, 0.25) is 0 Å². The van der Waals surface area contributed by atoms with Crippen LogP contribution in [0.2, 0.25) is 0 Å². The third-order valence-electron chi connectivity index (χ3n) is 4.56. The Balaban J connectivity index is 1.92. The van der Waals surface area contributed by atoms with Crippen LogP contribution < -0.4 is 9.46 Å². The van der Waals surface area contributed by atoms with Gasteiger partial charge in [-0.05, 0) is 31.5 Å². The fourth-order valence-corrected chi connectivity index (χ4v) is 4.77. The van der Waals surface area contributed by atoms with E-state index in [0.29, 0.717) is 24.7 Å². The topological polar surface area (TPSA) is 85.7 Å². The Kier molecular flexibility index (Phi) is 5.85. The van der Waals surface area contributed by atoms with Crippen molar-refractivity contribution in [2.75, 3.05) is 20.2 Å². The van der Waals surface area contributed by atoms with Crippen LogP contribution in [0.1, 0.15) is 31.3 Å². The van der Waals surface area contributed by atoms with E-state index in [1.165, 1.54) is 4.31 Å². The number of benzene rings is 1. The number of hydrogen-bond donors (Lipinski definition) is 1. The molecule has 148 valence electrons. The average Bonchev–Trinajstić information content (AvgIpc) is 3.05. The molecule has 0 saturated carbocycles. The summed E-state index contributed by atoms with van der Waals surface area (Å²) in [6, 6.07) is 6.67. The van der Waals surface area contributed by atoms with Crippen molar-refractivity contribution in [3.8, 4) is 5.75 Å². The van der Waals surface area contributed by atoms with Gasteiger partial charge in [0.25, 0.3) is 10.2 Å². The summed E-state index contributed by atoms with van der Waals surface area (Å²) in [6.45, 7) is 4.38. The van der Waals surface area contributed by atoms with Crippen LogP contribution in [0.4, 0.5) is 0 Å². The minimum atomic E-state index is -3.74. The van der Waals surface area contributed by atoms with Gasteiger partial charge in [0, 0.05) is 32.5 Å². The second-order valence-electron chi connectivity index (χ2n) is 6.80. The SMILES string of the molecule is COc1ccc([C@H](NS(=O)(=O)N2C[C@@H](C)O[C@H](C)C2)c2nccn2C)cc1. The van der Waals surface area contributed by atoms with Gasteiger partial charge >= 0.3 is 0 Å². The van der Waals surface area contributed by atoms with E-state index in [1.807, 2.05) is 37.6 Å². The molecular weight excluding hydrogens is 368 g/mol. The number of rotatable bonds is 6. The zero-order chi connectivity index (χ0) is 19.6. The van der Waals surface area contributed by atoms with E-state index >= 15 is 0 Å². The first-order valence-electron chi connectivity index (χ1n) is 8.84. The maximum absolute atomic E-state index is 13.1. The quantitative estimate of drug-likeness (QED) is 0.802. The van der Waals surface area contributed by atoms with E-state index in [1.54, 1.807) is 31.6 Å². The van der Waals surface area contributed by atoms with Crippen molar-refractivity contribution in [1.82, 2.24) is 18.6 Å². The average molecular weight is 394 g/mol. The van der Waals surface area contributed by atoms with E-state index in [0.717, 1.165) is 5.56 Å². The molecule has 2 heterocycles. The van der Waals surface area contributed by atoms with Crippen molar-refractivity contribution in [1.29, 1.82) is 0 Å². The summed E-state index contributed by atoms with van der Waals surface area (Å²) in [5.74, 6) is 1.31. The minimum Gasteiger partial charge on any atom is -0.497 e. The molecule has 9 heteroatoms. The van der Waals surface area contributed by atoms with Crippen LogP contribution in [0.15, 0.2) is 36.7 Å². The molecule has 1 aromatic heterocycles. The zero-order valence-corrected chi connectivity index (χ0v) is 16.8. The van der Waals surface area contributed by atoms with Gasteiger partial charge in [-0.3, -0.25) is 0 Å². The first-order valence-corrected chi connectivity index (χ1v) is 10.3. The fourth-order valence-electron chi connectivity index (χ4n) is 3.27. The predicted octanol–water partition coefficient (Wildman–Crippen LogP) is 1.46. The number of imidazole rings is 1. The molecule has 3 rings (SSSR count). The van der Waals surface area contributed by atoms with Crippen LogP contribution in [-0.2, 0) is 22.0 Å². The number of ether oxygens (including phenoxy) is 2. The normalized spacial score (nSPS) is 22.5. The molecule has 0 spiro atoms. The zero-order valence-electron chi connectivity index (χ0n) is 16.0. The lowest BCUT2D eigenvalue weighted by Crippen LogP contribution is -2.52. The van der Waals surface area contributed by atoms with Crippen LogP contribution in [-0.4, -0.2) is 54.7 Å². The first-order chi connectivity index (χ1) is 12.8. The highest BCUT2D eigenvalue weighted by molar-refractivity contribution is 7.87. The molecule has 1 saturated heterocycles. The lowest BCUT2D eigenvalue weighted by molar-refractivity contribution is -0.0444. The third kappa shape index (κ3) is 4.49. The van der Waals surface area contributed by atoms with E-state index in [9.17, 15) is 8.42 Å². The van der Waals surface area contributed by atoms with E-state index in [4.69, 9.17) is 9.47 Å². The Morgan fingerprint density at radius 2 is 1.85 bits per heavy atom. The third-order valence-corrected chi connectivity index (χ3v) is 6.07. The fraction of sp³-hybridized carbons (Fsp3) is 0.500. The van der Waals surface area contributed by atoms with E-state index < -0.39 is 16.3 Å². The van der Waals surface area contributed by atoms with Crippen LogP contribution in [0.25, 0.3) is 0 Å². The molecule has 1 N–H and O–H groups in total. The molecule has 1 aliphatic heterocycles. The number of nitrogens with zero attached hydrogens (tertiary/aromatic N) is 3. The molecule has 1 aromatic carbocycles. The van der Waals surface area contributed by atoms with Gasteiger partial charge in [0.1, 0.15) is 17.6 Å². The summed E-state index contributed by atoms with van der Waals surface area (Å²) in [7, 11) is -0.305. The number of nitrogens with one attached hydrogen (secondary N) is 1. The lowest BCUT2D eigenvalue weighted by Gasteiger charge is -2.35. The van der Waals surface area contributed by atoms with Crippen molar-refractivity contribution in [2.45, 2.75) is 32.1 Å². The maximum Gasteiger partial charge on any atom is 0.280 e. The van der Waals surface area contributed by atoms with Gasteiger partial charge < -0.3 is 14.0 Å². The molecule has 0 unspecified atom stereocenters. The maximum atomic E-state index is 13.1. The van der Waals surface area contributed by atoms with Gasteiger partial charge in [0.15, 0.2) is 0 Å². The van der Waals surface area contributed by atoms with Crippen molar-refractivity contribution in [2.24, 2.45) is 7.05 Å². The number of aromatic nitrogens is 2. The minimum absolute atomic E-state index is 0.155. The number of morpholine rings is 1. The second-order valence-corrected chi connectivity index (χ2v) is 8.50. The standard InChI is InChI=1S/C18H26N4O4S/c1-13-11-22(12-14(2)26-13)27(23,24)20-17(18-19-9-10-21(18)3)15-5-7-16(25-4)8-6-15/h5-10,13-14,17,20H,11-12H2,1-4H3/t13-,14-,17+/m1/s1. The Bertz CT molecular complexity index is 856. The highest BCUT2D eigenvalue weighted by atomic mass is 32.2. The number of aryl methyl sites for hydroxylation is 1. The van der Waals surface area contributed by atoms with Gasteiger partial charge in [-0.1, -0.05) is 12.1 Å². The summed E-state index contributed by atoms with van der Waals surface area (Å²) in [5, 5.41) is 0. The predicted molar refractivity (Wildman–Crippen MR) is 102 cm³/mol. The molecule has 0 amide bonds. The molecule has 0 aliphatic carbocycles. The van der Waals surface area contributed by atoms with Crippen LogP contribution in [0.3, 0.4) is 0 Å². The van der Waals surface area contributed by atoms with Crippen molar-refractivity contribution >= 4 is 10.2 Å². The summed E-state index contributed by atoms with van der Waals surface area (Å²) >= 11 is 0. The molecule has 1 aliphatic rings. The summed E-state index contributed by atoms with van der Waals surface area (Å²) in [4.78, 5) is 4.36. The van der Waals surface area contributed by atoms with Crippen molar-refractivity contribution < 1.29 is 17.9 Å². The molecule has 27 heavy (non-hydrogen) atoms. The number of methoxy groups -OCH3 is 1. The van der Waals surface area contributed by atoms with Gasteiger partial charge in [-0.2, -0.15) is 17.4 Å². The van der Waals surface area contributed by atoms with Crippen LogP contribution in [0, 0.1) is 0 Å². The van der Waals surface area contributed by atoms with Gasteiger partial charge in [-0.25, -0.2) is 4.98 Å². The molecule has 0 radical (unpaired) electrons. The molecule has 8 nitrogen and oxygen atoms in total. The highest BCUT2D eigenvalue weighted by Gasteiger charge is 2.34. The monoisotopic (exact) mass is 394 g/mol. The van der Waals surface area contributed by atoms with Gasteiger partial charge in [-0.15, -0.1) is 0 Å².